The van der Waals surface area contributed by atoms with Crippen LogP contribution < -0.4 is 5.32 Å². The van der Waals surface area contributed by atoms with E-state index in [0.717, 1.165) is 44.8 Å². The van der Waals surface area contributed by atoms with Crippen LogP contribution in [0, 0.1) is 6.92 Å². The zero-order valence-corrected chi connectivity index (χ0v) is 14.0. The van der Waals surface area contributed by atoms with Crippen molar-refractivity contribution in [2.75, 3.05) is 19.6 Å². The van der Waals surface area contributed by atoms with Crippen LogP contribution in [0.1, 0.15) is 38.6 Å². The molecule has 1 unspecified atom stereocenters. The molecule has 0 aromatic carbocycles. The van der Waals surface area contributed by atoms with Crippen molar-refractivity contribution < 1.29 is 0 Å². The minimum absolute atomic E-state index is 0.247. The number of hydrogen-bond donors (Lipinski definition) is 1. The first-order valence-electron chi connectivity index (χ1n) is 7.18. The maximum atomic E-state index is 4.58. The van der Waals surface area contributed by atoms with Crippen molar-refractivity contribution in [3.63, 3.8) is 0 Å². The van der Waals surface area contributed by atoms with Gasteiger partial charge in [0.2, 0.25) is 0 Å². The summed E-state index contributed by atoms with van der Waals surface area (Å²) < 4.78 is 3.29. The van der Waals surface area contributed by atoms with Crippen LogP contribution in [0.2, 0.25) is 0 Å². The fourth-order valence-electron chi connectivity index (χ4n) is 2.75. The second kappa shape index (κ2) is 5.94. The molecule has 1 fully saturated rings. The van der Waals surface area contributed by atoms with Crippen LogP contribution in [0.3, 0.4) is 0 Å². The van der Waals surface area contributed by atoms with E-state index in [1.54, 1.807) is 0 Å². The van der Waals surface area contributed by atoms with Crippen molar-refractivity contribution in [1.82, 2.24) is 20.0 Å². The molecule has 1 saturated heterocycles. The Hall–Kier alpha value is -0.390. The van der Waals surface area contributed by atoms with Crippen LogP contribution in [0.15, 0.2) is 4.47 Å². The summed E-state index contributed by atoms with van der Waals surface area (Å²) in [5.41, 5.74) is 2.64. The molecule has 2 rings (SSSR count). The third kappa shape index (κ3) is 3.20. The van der Waals surface area contributed by atoms with E-state index in [9.17, 15) is 0 Å². The number of aryl methyl sites for hydroxylation is 2. The smallest absolute Gasteiger partial charge is 0.0739 e. The van der Waals surface area contributed by atoms with Gasteiger partial charge in [0.05, 0.1) is 15.9 Å². The fourth-order valence-corrected chi connectivity index (χ4v) is 3.16. The lowest BCUT2D eigenvalue weighted by molar-refractivity contribution is 0.130. The van der Waals surface area contributed by atoms with Gasteiger partial charge in [-0.05, 0) is 43.1 Å². The number of hydrogen-bond acceptors (Lipinski definition) is 3. The van der Waals surface area contributed by atoms with Crippen molar-refractivity contribution in [1.29, 1.82) is 0 Å². The highest BCUT2D eigenvalue weighted by Gasteiger charge is 2.29. The molecule has 0 amide bonds. The molecule has 1 aromatic heterocycles. The highest BCUT2D eigenvalue weighted by molar-refractivity contribution is 9.10. The number of nitrogens with one attached hydrogen (secondary N) is 1. The number of halogens is 1. The molecule has 0 aliphatic carbocycles. The van der Waals surface area contributed by atoms with E-state index in [1.807, 2.05) is 0 Å². The van der Waals surface area contributed by atoms with Gasteiger partial charge in [-0.1, -0.05) is 6.92 Å². The molecule has 0 saturated carbocycles. The van der Waals surface area contributed by atoms with E-state index in [4.69, 9.17) is 0 Å². The largest absolute Gasteiger partial charge is 0.309 e. The minimum Gasteiger partial charge on any atom is -0.309 e. The molecule has 2 heterocycles. The summed E-state index contributed by atoms with van der Waals surface area (Å²) in [6, 6.07) is 0. The molecule has 1 aromatic rings. The van der Waals surface area contributed by atoms with Gasteiger partial charge in [0.15, 0.2) is 0 Å². The van der Waals surface area contributed by atoms with Crippen molar-refractivity contribution in [2.24, 2.45) is 0 Å². The van der Waals surface area contributed by atoms with E-state index in [2.05, 4.69) is 63.6 Å². The molecule has 0 radical (unpaired) electrons. The van der Waals surface area contributed by atoms with Crippen molar-refractivity contribution >= 4 is 15.9 Å². The SMILES string of the molecule is CCn1nc(C)c(Br)c1CN1CCNC(C)(CC)C1. The second-order valence-corrected chi connectivity index (χ2v) is 6.51. The van der Waals surface area contributed by atoms with Gasteiger partial charge < -0.3 is 5.32 Å². The molecule has 19 heavy (non-hydrogen) atoms. The highest BCUT2D eigenvalue weighted by Crippen LogP contribution is 2.24. The number of nitrogens with zero attached hydrogens (tertiary/aromatic N) is 3. The third-order valence-corrected chi connectivity index (χ3v) is 5.19. The quantitative estimate of drug-likeness (QED) is 0.922. The molecule has 1 aliphatic rings. The average Bonchev–Trinajstić information content (AvgIpc) is 2.67. The zero-order chi connectivity index (χ0) is 14.0. The van der Waals surface area contributed by atoms with Gasteiger partial charge >= 0.3 is 0 Å². The van der Waals surface area contributed by atoms with Crippen molar-refractivity contribution in [2.45, 2.75) is 52.7 Å². The van der Waals surface area contributed by atoms with Gasteiger partial charge in [-0.2, -0.15) is 5.10 Å². The molecule has 5 heteroatoms. The Kier molecular flexibility index (Phi) is 4.69. The number of piperazine rings is 1. The summed E-state index contributed by atoms with van der Waals surface area (Å²) in [6.07, 6.45) is 1.16. The van der Waals surface area contributed by atoms with Gasteiger partial charge in [0.25, 0.3) is 0 Å². The van der Waals surface area contributed by atoms with E-state index in [1.165, 1.54) is 10.2 Å². The summed E-state index contributed by atoms with van der Waals surface area (Å²) in [4.78, 5) is 2.54. The van der Waals surface area contributed by atoms with E-state index < -0.39 is 0 Å². The van der Waals surface area contributed by atoms with Crippen molar-refractivity contribution in [3.8, 4) is 0 Å². The predicted molar refractivity (Wildman–Crippen MR) is 82.3 cm³/mol. The first-order valence-corrected chi connectivity index (χ1v) is 7.97. The molecule has 0 spiro atoms. The third-order valence-electron chi connectivity index (χ3n) is 4.16. The zero-order valence-electron chi connectivity index (χ0n) is 12.5. The average molecular weight is 329 g/mol. The monoisotopic (exact) mass is 328 g/mol. The first kappa shape index (κ1) is 15.0. The van der Waals surface area contributed by atoms with Gasteiger partial charge in [-0.15, -0.1) is 0 Å². The van der Waals surface area contributed by atoms with Gasteiger partial charge in [-0.3, -0.25) is 9.58 Å². The molecular formula is C14H25BrN4. The van der Waals surface area contributed by atoms with Crippen LogP contribution in [-0.2, 0) is 13.1 Å². The summed E-state index contributed by atoms with van der Waals surface area (Å²) in [6.45, 7) is 14.0. The lowest BCUT2D eigenvalue weighted by atomic mass is 9.96. The van der Waals surface area contributed by atoms with E-state index in [0.29, 0.717) is 0 Å². The molecule has 1 atom stereocenters. The molecule has 1 N–H and O–H groups in total. The lowest BCUT2D eigenvalue weighted by Crippen LogP contribution is -2.58. The van der Waals surface area contributed by atoms with Crippen LogP contribution in [0.5, 0.6) is 0 Å². The molecule has 108 valence electrons. The fraction of sp³-hybridized carbons (Fsp3) is 0.786. The topological polar surface area (TPSA) is 33.1 Å². The Morgan fingerprint density at radius 3 is 2.79 bits per heavy atom. The van der Waals surface area contributed by atoms with Gasteiger partial charge in [0, 0.05) is 38.3 Å². The van der Waals surface area contributed by atoms with Crippen LogP contribution in [-0.4, -0.2) is 39.9 Å². The minimum atomic E-state index is 0.247. The predicted octanol–water partition coefficient (Wildman–Crippen LogP) is 2.55. The lowest BCUT2D eigenvalue weighted by Gasteiger charge is -2.41. The summed E-state index contributed by atoms with van der Waals surface area (Å²) in [5, 5.41) is 8.21. The number of aromatic nitrogens is 2. The van der Waals surface area contributed by atoms with Crippen molar-refractivity contribution in [3.05, 3.63) is 15.9 Å². The maximum absolute atomic E-state index is 4.58. The van der Waals surface area contributed by atoms with E-state index >= 15 is 0 Å². The normalized spacial score (nSPS) is 24.9. The van der Waals surface area contributed by atoms with Gasteiger partial charge in [0.1, 0.15) is 0 Å². The summed E-state index contributed by atoms with van der Waals surface area (Å²) in [5.74, 6) is 0. The standard InChI is InChI=1S/C14H25BrN4/c1-5-14(4)10-18(8-7-16-14)9-12-13(15)11(3)17-19(12)6-2/h16H,5-10H2,1-4H3. The van der Waals surface area contributed by atoms with Crippen LogP contribution >= 0.6 is 15.9 Å². The van der Waals surface area contributed by atoms with Gasteiger partial charge in [-0.25, -0.2) is 0 Å². The number of rotatable bonds is 4. The molecule has 4 nitrogen and oxygen atoms in total. The van der Waals surface area contributed by atoms with Crippen LogP contribution in [0.25, 0.3) is 0 Å². The first-order chi connectivity index (χ1) is 8.99. The molecule has 0 bridgehead atoms. The van der Waals surface area contributed by atoms with E-state index in [-0.39, 0.29) is 5.54 Å². The Morgan fingerprint density at radius 2 is 2.16 bits per heavy atom. The summed E-state index contributed by atoms with van der Waals surface area (Å²) >= 11 is 3.69. The molecule has 1 aliphatic heterocycles. The Labute approximate surface area is 124 Å². The second-order valence-electron chi connectivity index (χ2n) is 5.71. The Bertz CT molecular complexity index is 443. The maximum Gasteiger partial charge on any atom is 0.0739 e. The Balaban J connectivity index is 2.13. The highest BCUT2D eigenvalue weighted by atomic mass is 79.9. The Morgan fingerprint density at radius 1 is 1.42 bits per heavy atom. The summed E-state index contributed by atoms with van der Waals surface area (Å²) in [7, 11) is 0. The molecular weight excluding hydrogens is 304 g/mol. The van der Waals surface area contributed by atoms with Crippen LogP contribution in [0.4, 0.5) is 0 Å².